The van der Waals surface area contributed by atoms with Crippen LogP contribution in [0.1, 0.15) is 43.5 Å². The molecule has 3 rings (SSSR count). The Morgan fingerprint density at radius 3 is 2.37 bits per heavy atom. The van der Waals surface area contributed by atoms with Gasteiger partial charge < -0.3 is 20.4 Å². The summed E-state index contributed by atoms with van der Waals surface area (Å²) in [6.07, 6.45) is 1.62. The van der Waals surface area contributed by atoms with Gasteiger partial charge >= 0.3 is 0 Å². The van der Waals surface area contributed by atoms with Crippen LogP contribution >= 0.6 is 0 Å². The number of piperidine rings is 1. The van der Waals surface area contributed by atoms with Gasteiger partial charge in [-0.3, -0.25) is 19.2 Å². The first-order chi connectivity index (χ1) is 14.3. The predicted molar refractivity (Wildman–Crippen MR) is 111 cm³/mol. The number of benzene rings is 1. The van der Waals surface area contributed by atoms with E-state index < -0.39 is 0 Å². The molecule has 2 heterocycles. The Morgan fingerprint density at radius 1 is 1.10 bits per heavy atom. The van der Waals surface area contributed by atoms with Crippen LogP contribution in [-0.4, -0.2) is 71.7 Å². The maximum atomic E-state index is 12.8. The molecule has 0 radical (unpaired) electrons. The quantitative estimate of drug-likeness (QED) is 0.719. The average Bonchev–Trinajstić information content (AvgIpc) is 3.14. The Hall–Kier alpha value is -2.90. The summed E-state index contributed by atoms with van der Waals surface area (Å²) >= 11 is 0. The molecule has 0 aromatic heterocycles. The summed E-state index contributed by atoms with van der Waals surface area (Å²) in [6.45, 7) is 5.46. The normalized spacial score (nSPS) is 19.8. The lowest BCUT2D eigenvalue weighted by Crippen LogP contribution is -2.50. The zero-order valence-corrected chi connectivity index (χ0v) is 17.6. The molecule has 2 fully saturated rings. The van der Waals surface area contributed by atoms with Crippen LogP contribution in [0.25, 0.3) is 0 Å². The smallest absolute Gasteiger partial charge is 0.251 e. The second kappa shape index (κ2) is 9.73. The molecular weight excluding hydrogens is 384 g/mol. The van der Waals surface area contributed by atoms with Gasteiger partial charge in [0.1, 0.15) is 0 Å². The summed E-state index contributed by atoms with van der Waals surface area (Å²) in [5, 5.41) is 5.55. The number of rotatable bonds is 6. The Morgan fingerprint density at radius 2 is 1.77 bits per heavy atom. The van der Waals surface area contributed by atoms with E-state index in [9.17, 15) is 19.2 Å². The van der Waals surface area contributed by atoms with Gasteiger partial charge in [0.15, 0.2) is 0 Å². The highest BCUT2D eigenvalue weighted by Crippen LogP contribution is 2.23. The molecule has 1 aromatic rings. The maximum Gasteiger partial charge on any atom is 0.251 e. The minimum atomic E-state index is -0.285. The number of nitrogens with zero attached hydrogens (tertiary/aromatic N) is 2. The van der Waals surface area contributed by atoms with Crippen LogP contribution in [0.4, 0.5) is 0 Å². The lowest BCUT2D eigenvalue weighted by molar-refractivity contribution is -0.137. The topological polar surface area (TPSA) is 98.8 Å². The van der Waals surface area contributed by atoms with Crippen LogP contribution in [0.5, 0.6) is 0 Å². The lowest BCUT2D eigenvalue weighted by atomic mass is 10.0. The van der Waals surface area contributed by atoms with Crippen molar-refractivity contribution in [3.05, 3.63) is 35.9 Å². The van der Waals surface area contributed by atoms with Gasteiger partial charge in [-0.1, -0.05) is 18.2 Å². The Kier molecular flexibility index (Phi) is 7.07. The summed E-state index contributed by atoms with van der Waals surface area (Å²) in [4.78, 5) is 52.6. The SMILES string of the molecule is CC(C)N1CC(C(=O)N2CCC(NC(=O)CNC(=O)c3ccccc3)CC2)CC1=O. The van der Waals surface area contributed by atoms with Gasteiger partial charge in [0, 0.05) is 43.7 Å². The molecule has 4 amide bonds. The Labute approximate surface area is 177 Å². The van der Waals surface area contributed by atoms with Crippen LogP contribution in [0.3, 0.4) is 0 Å². The number of carbonyl (C=O) groups excluding carboxylic acids is 4. The molecule has 30 heavy (non-hydrogen) atoms. The minimum Gasteiger partial charge on any atom is -0.352 e. The van der Waals surface area contributed by atoms with E-state index >= 15 is 0 Å². The first-order valence-corrected chi connectivity index (χ1v) is 10.6. The van der Waals surface area contributed by atoms with E-state index in [4.69, 9.17) is 0 Å². The molecule has 8 heteroatoms. The van der Waals surface area contributed by atoms with Gasteiger partial charge in [0.2, 0.25) is 17.7 Å². The molecule has 0 saturated carbocycles. The third-order valence-corrected chi connectivity index (χ3v) is 5.75. The van der Waals surface area contributed by atoms with E-state index in [1.807, 2.05) is 24.8 Å². The number of nitrogens with one attached hydrogen (secondary N) is 2. The Balaban J connectivity index is 1.39. The van der Waals surface area contributed by atoms with Crippen molar-refractivity contribution in [2.45, 2.75) is 45.2 Å². The third-order valence-electron chi connectivity index (χ3n) is 5.75. The van der Waals surface area contributed by atoms with E-state index in [1.165, 1.54) is 0 Å². The number of amides is 4. The van der Waals surface area contributed by atoms with E-state index in [0.717, 1.165) is 0 Å². The van der Waals surface area contributed by atoms with Gasteiger partial charge in [-0.25, -0.2) is 0 Å². The third kappa shape index (κ3) is 5.37. The highest BCUT2D eigenvalue weighted by molar-refractivity contribution is 5.96. The number of hydrogen-bond donors (Lipinski definition) is 2. The minimum absolute atomic E-state index is 0.0208. The van der Waals surface area contributed by atoms with Crippen LogP contribution < -0.4 is 10.6 Å². The average molecular weight is 415 g/mol. The molecule has 162 valence electrons. The van der Waals surface area contributed by atoms with E-state index in [2.05, 4.69) is 10.6 Å². The van der Waals surface area contributed by atoms with Crippen LogP contribution in [0.15, 0.2) is 30.3 Å². The molecule has 0 aliphatic carbocycles. The molecule has 0 bridgehead atoms. The largest absolute Gasteiger partial charge is 0.352 e. The number of hydrogen-bond acceptors (Lipinski definition) is 4. The first-order valence-electron chi connectivity index (χ1n) is 10.6. The fraction of sp³-hybridized carbons (Fsp3) is 0.545. The zero-order chi connectivity index (χ0) is 21.7. The van der Waals surface area contributed by atoms with Crippen LogP contribution in [-0.2, 0) is 14.4 Å². The highest BCUT2D eigenvalue weighted by Gasteiger charge is 2.38. The molecule has 0 spiro atoms. The molecule has 8 nitrogen and oxygen atoms in total. The molecule has 2 saturated heterocycles. The molecular formula is C22H30N4O4. The number of carbonyl (C=O) groups is 4. The summed E-state index contributed by atoms with van der Waals surface area (Å²) in [5.74, 6) is -0.709. The van der Waals surface area contributed by atoms with Crippen molar-refractivity contribution < 1.29 is 19.2 Å². The maximum absolute atomic E-state index is 12.8. The molecule has 1 unspecified atom stereocenters. The van der Waals surface area contributed by atoms with Crippen molar-refractivity contribution in [2.24, 2.45) is 5.92 Å². The fourth-order valence-electron chi connectivity index (χ4n) is 4.03. The van der Waals surface area contributed by atoms with Crippen LogP contribution in [0.2, 0.25) is 0 Å². The van der Waals surface area contributed by atoms with Crippen molar-refractivity contribution in [1.82, 2.24) is 20.4 Å². The first kappa shape index (κ1) is 21.8. The summed E-state index contributed by atoms with van der Waals surface area (Å²) in [6, 6.07) is 8.84. The number of likely N-dealkylation sites (tertiary alicyclic amines) is 2. The van der Waals surface area contributed by atoms with Gasteiger partial charge in [0.05, 0.1) is 12.5 Å². The van der Waals surface area contributed by atoms with E-state index in [1.54, 1.807) is 29.2 Å². The molecule has 1 aromatic carbocycles. The summed E-state index contributed by atoms with van der Waals surface area (Å²) in [5.41, 5.74) is 0.513. The van der Waals surface area contributed by atoms with Gasteiger partial charge in [-0.15, -0.1) is 0 Å². The monoisotopic (exact) mass is 414 g/mol. The van der Waals surface area contributed by atoms with Crippen molar-refractivity contribution >= 4 is 23.6 Å². The van der Waals surface area contributed by atoms with Crippen molar-refractivity contribution in [3.8, 4) is 0 Å². The fourth-order valence-corrected chi connectivity index (χ4v) is 4.03. The van der Waals surface area contributed by atoms with Crippen molar-refractivity contribution in [1.29, 1.82) is 0 Å². The van der Waals surface area contributed by atoms with Crippen molar-refractivity contribution in [2.75, 3.05) is 26.2 Å². The van der Waals surface area contributed by atoms with Crippen molar-refractivity contribution in [3.63, 3.8) is 0 Å². The summed E-state index contributed by atoms with van der Waals surface area (Å²) in [7, 11) is 0. The summed E-state index contributed by atoms with van der Waals surface area (Å²) < 4.78 is 0. The molecule has 2 aliphatic heterocycles. The molecule has 2 aliphatic rings. The van der Waals surface area contributed by atoms with E-state index in [-0.39, 0.29) is 54.6 Å². The lowest BCUT2D eigenvalue weighted by Gasteiger charge is -2.34. The molecule has 2 N–H and O–H groups in total. The van der Waals surface area contributed by atoms with Gasteiger partial charge in [-0.05, 0) is 38.8 Å². The van der Waals surface area contributed by atoms with Gasteiger partial charge in [-0.2, -0.15) is 0 Å². The zero-order valence-electron chi connectivity index (χ0n) is 17.6. The van der Waals surface area contributed by atoms with E-state index in [0.29, 0.717) is 38.0 Å². The Bertz CT molecular complexity index is 788. The second-order valence-electron chi connectivity index (χ2n) is 8.26. The van der Waals surface area contributed by atoms with Gasteiger partial charge in [0.25, 0.3) is 5.91 Å². The second-order valence-corrected chi connectivity index (χ2v) is 8.26. The molecule has 1 atom stereocenters. The van der Waals surface area contributed by atoms with Crippen LogP contribution in [0, 0.1) is 5.92 Å². The highest BCUT2D eigenvalue weighted by atomic mass is 16.2. The standard InChI is InChI=1S/C22H30N4O4/c1-15(2)26-14-17(12-20(26)28)22(30)25-10-8-18(9-11-25)24-19(27)13-23-21(29)16-6-4-3-5-7-16/h3-7,15,17-18H,8-14H2,1-2H3,(H,23,29)(H,24,27). The predicted octanol–water partition coefficient (Wildman–Crippen LogP) is 0.781.